The monoisotopic (exact) mass is 396 g/mol. The smallest absolute Gasteiger partial charge is 0.243 e. The zero-order valence-electron chi connectivity index (χ0n) is 9.78. The molecule has 0 aromatic heterocycles. The summed E-state index contributed by atoms with van der Waals surface area (Å²) in [6, 6.07) is 3.29. The lowest BCUT2D eigenvalue weighted by Gasteiger charge is -2.33. The Balaban J connectivity index is 2.30. The molecule has 1 saturated carbocycles. The van der Waals surface area contributed by atoms with E-state index in [-0.39, 0.29) is 16.6 Å². The Morgan fingerprint density at radius 1 is 1.33 bits per heavy atom. The molecule has 100 valence electrons. The van der Waals surface area contributed by atoms with Gasteiger partial charge in [0.05, 0.1) is 5.69 Å². The minimum absolute atomic E-state index is 0.0277. The number of hydrogen-bond donors (Lipinski definition) is 2. The van der Waals surface area contributed by atoms with Crippen LogP contribution >= 0.6 is 31.9 Å². The Morgan fingerprint density at radius 2 is 1.94 bits per heavy atom. The topological polar surface area (TPSA) is 72.2 Å². The van der Waals surface area contributed by atoms with Crippen LogP contribution in [0.5, 0.6) is 0 Å². The number of rotatable bonds is 3. The highest BCUT2D eigenvalue weighted by atomic mass is 79.9. The van der Waals surface area contributed by atoms with Crippen LogP contribution in [-0.2, 0) is 10.0 Å². The predicted octanol–water partition coefficient (Wildman–Crippen LogP) is 2.87. The molecule has 7 heteroatoms. The number of nitrogens with two attached hydrogens (primary N) is 1. The Bertz CT molecular complexity index is 545. The molecule has 1 aromatic rings. The highest BCUT2D eigenvalue weighted by Crippen LogP contribution is 2.33. The van der Waals surface area contributed by atoms with Crippen molar-refractivity contribution in [1.29, 1.82) is 0 Å². The lowest BCUT2D eigenvalue weighted by atomic mass is 9.83. The molecule has 1 aliphatic rings. The first-order chi connectivity index (χ1) is 8.29. The maximum atomic E-state index is 12.3. The summed E-state index contributed by atoms with van der Waals surface area (Å²) in [5.74, 6) is 0.586. The van der Waals surface area contributed by atoms with E-state index in [1.807, 2.05) is 0 Å². The molecule has 4 nitrogen and oxygen atoms in total. The van der Waals surface area contributed by atoms with Gasteiger partial charge in [-0.1, -0.05) is 22.9 Å². The Hall–Kier alpha value is -0.110. The van der Waals surface area contributed by atoms with Crippen LogP contribution < -0.4 is 10.5 Å². The van der Waals surface area contributed by atoms with E-state index in [4.69, 9.17) is 5.73 Å². The quantitative estimate of drug-likeness (QED) is 0.770. The highest BCUT2D eigenvalue weighted by molar-refractivity contribution is 9.11. The summed E-state index contributed by atoms with van der Waals surface area (Å²) in [6.45, 7) is 2.11. The summed E-state index contributed by atoms with van der Waals surface area (Å²) in [5, 5.41) is 0. The number of nitrogen functional groups attached to an aromatic ring is 1. The van der Waals surface area contributed by atoms with Crippen LogP contribution in [0.2, 0.25) is 0 Å². The molecular weight excluding hydrogens is 384 g/mol. The van der Waals surface area contributed by atoms with E-state index in [2.05, 4.69) is 43.5 Å². The minimum Gasteiger partial charge on any atom is -0.398 e. The van der Waals surface area contributed by atoms with Crippen molar-refractivity contribution < 1.29 is 8.42 Å². The average Bonchev–Trinajstić information content (AvgIpc) is 2.11. The molecular formula is C11H14Br2N2O2S. The zero-order chi connectivity index (χ0) is 13.5. The van der Waals surface area contributed by atoms with Gasteiger partial charge in [-0.05, 0) is 46.8 Å². The molecule has 0 saturated heterocycles. The average molecular weight is 398 g/mol. The first-order valence-electron chi connectivity index (χ1n) is 5.56. The van der Waals surface area contributed by atoms with E-state index in [0.717, 1.165) is 17.3 Å². The predicted molar refractivity (Wildman–Crippen MR) is 78.8 cm³/mol. The lowest BCUT2D eigenvalue weighted by Crippen LogP contribution is -2.43. The van der Waals surface area contributed by atoms with Crippen LogP contribution in [0.15, 0.2) is 26.0 Å². The molecule has 0 bridgehead atoms. The third-order valence-corrected chi connectivity index (χ3v) is 5.98. The van der Waals surface area contributed by atoms with Gasteiger partial charge in [0.15, 0.2) is 0 Å². The van der Waals surface area contributed by atoms with E-state index in [9.17, 15) is 8.42 Å². The van der Waals surface area contributed by atoms with Gasteiger partial charge in [-0.3, -0.25) is 0 Å². The van der Waals surface area contributed by atoms with E-state index < -0.39 is 10.0 Å². The van der Waals surface area contributed by atoms with E-state index in [1.165, 1.54) is 0 Å². The number of nitrogens with one attached hydrogen (secondary N) is 1. The van der Waals surface area contributed by atoms with Crippen LogP contribution in [0, 0.1) is 5.92 Å². The molecule has 0 spiro atoms. The van der Waals surface area contributed by atoms with Crippen molar-refractivity contribution in [1.82, 2.24) is 4.72 Å². The van der Waals surface area contributed by atoms with E-state index >= 15 is 0 Å². The third kappa shape index (κ3) is 2.89. The highest BCUT2D eigenvalue weighted by Gasteiger charge is 2.31. The van der Waals surface area contributed by atoms with Gasteiger partial charge in [0, 0.05) is 15.0 Å². The number of anilines is 1. The summed E-state index contributed by atoms with van der Waals surface area (Å²) in [7, 11) is -3.56. The largest absolute Gasteiger partial charge is 0.398 e. The summed E-state index contributed by atoms with van der Waals surface area (Å²) in [4.78, 5) is 0.116. The molecule has 1 aromatic carbocycles. The first-order valence-corrected chi connectivity index (χ1v) is 8.63. The van der Waals surface area contributed by atoms with Crippen molar-refractivity contribution in [3.8, 4) is 0 Å². The van der Waals surface area contributed by atoms with Crippen molar-refractivity contribution >= 4 is 47.6 Å². The van der Waals surface area contributed by atoms with Crippen molar-refractivity contribution in [3.63, 3.8) is 0 Å². The molecule has 0 unspecified atom stereocenters. The first kappa shape index (κ1) is 14.3. The van der Waals surface area contributed by atoms with Gasteiger partial charge < -0.3 is 5.73 Å². The SMILES string of the molecule is CC1CC(NS(=O)(=O)c2c(N)cc(Br)cc2Br)C1. The summed E-state index contributed by atoms with van der Waals surface area (Å²) >= 11 is 6.52. The summed E-state index contributed by atoms with van der Waals surface area (Å²) in [6.07, 6.45) is 1.76. The van der Waals surface area contributed by atoms with E-state index in [1.54, 1.807) is 12.1 Å². The van der Waals surface area contributed by atoms with Crippen molar-refractivity contribution in [2.24, 2.45) is 5.92 Å². The van der Waals surface area contributed by atoms with Crippen LogP contribution in [0.25, 0.3) is 0 Å². The number of benzene rings is 1. The molecule has 0 heterocycles. The zero-order valence-corrected chi connectivity index (χ0v) is 13.8. The normalized spacial score (nSPS) is 23.7. The molecule has 0 aliphatic heterocycles. The molecule has 0 amide bonds. The van der Waals surface area contributed by atoms with Gasteiger partial charge in [0.25, 0.3) is 0 Å². The van der Waals surface area contributed by atoms with Crippen molar-refractivity contribution in [2.45, 2.75) is 30.7 Å². The Labute approximate surface area is 124 Å². The molecule has 2 rings (SSSR count). The molecule has 1 fully saturated rings. The minimum atomic E-state index is -3.56. The molecule has 0 radical (unpaired) electrons. The van der Waals surface area contributed by atoms with E-state index in [0.29, 0.717) is 10.4 Å². The van der Waals surface area contributed by atoms with Crippen LogP contribution in [-0.4, -0.2) is 14.5 Å². The van der Waals surface area contributed by atoms with Crippen molar-refractivity contribution in [3.05, 3.63) is 21.1 Å². The lowest BCUT2D eigenvalue weighted by molar-refractivity contribution is 0.270. The number of hydrogen-bond acceptors (Lipinski definition) is 3. The van der Waals surface area contributed by atoms with Gasteiger partial charge in [-0.15, -0.1) is 0 Å². The van der Waals surface area contributed by atoms with Crippen LogP contribution in [0.3, 0.4) is 0 Å². The van der Waals surface area contributed by atoms with Gasteiger partial charge in [0.2, 0.25) is 10.0 Å². The molecule has 18 heavy (non-hydrogen) atoms. The second-order valence-electron chi connectivity index (χ2n) is 4.70. The number of halogens is 2. The van der Waals surface area contributed by atoms with Crippen LogP contribution in [0.4, 0.5) is 5.69 Å². The fourth-order valence-corrected chi connectivity index (χ4v) is 5.47. The van der Waals surface area contributed by atoms with Crippen molar-refractivity contribution in [2.75, 3.05) is 5.73 Å². The standard InChI is InChI=1S/C11H14Br2N2O2S/c1-6-2-8(3-6)15-18(16,17)11-9(13)4-7(12)5-10(11)14/h4-6,8,15H,2-3,14H2,1H3. The summed E-state index contributed by atoms with van der Waals surface area (Å²) in [5.41, 5.74) is 6.02. The molecule has 0 atom stereocenters. The maximum Gasteiger partial charge on any atom is 0.243 e. The number of sulfonamides is 1. The summed E-state index contributed by atoms with van der Waals surface area (Å²) < 4.78 is 28.4. The fraction of sp³-hybridized carbons (Fsp3) is 0.455. The Kier molecular flexibility index (Phi) is 4.06. The molecule has 1 aliphatic carbocycles. The molecule has 3 N–H and O–H groups in total. The van der Waals surface area contributed by atoms with Crippen LogP contribution in [0.1, 0.15) is 19.8 Å². The third-order valence-electron chi connectivity index (χ3n) is 3.00. The fourth-order valence-electron chi connectivity index (χ4n) is 2.14. The van der Waals surface area contributed by atoms with Gasteiger partial charge in [-0.25, -0.2) is 13.1 Å². The van der Waals surface area contributed by atoms with Gasteiger partial charge >= 0.3 is 0 Å². The second-order valence-corrected chi connectivity index (χ2v) is 8.12. The van der Waals surface area contributed by atoms with Gasteiger partial charge in [-0.2, -0.15) is 0 Å². The van der Waals surface area contributed by atoms with Gasteiger partial charge in [0.1, 0.15) is 4.90 Å². The second kappa shape index (κ2) is 5.11. The maximum absolute atomic E-state index is 12.3. The Morgan fingerprint density at radius 3 is 2.44 bits per heavy atom.